The van der Waals surface area contributed by atoms with Gasteiger partial charge in [0, 0.05) is 12.1 Å². The molecular formula is C21H26N2O5S2. The van der Waals surface area contributed by atoms with Gasteiger partial charge in [0.05, 0.1) is 16.7 Å². The van der Waals surface area contributed by atoms with E-state index < -0.39 is 16.1 Å². The van der Waals surface area contributed by atoms with Crippen LogP contribution in [0.25, 0.3) is 0 Å². The maximum Gasteiger partial charge on any atom is 0.251 e. The number of sulfonamides is 1. The Hall–Kier alpha value is -2.36. The standard InChI is InChI=1S/C21H26N2O5S2/c1-4-18(20(25)13-29-3)23-21(26)16-7-5-15(6-8-16)12-22-30(27,28)17-9-10-19(24)14(2)11-17/h5-11,18,22,24H,4,12-13H2,1-3H3,(H,23,26)/t18-/m0/s1. The molecule has 0 spiro atoms. The van der Waals surface area contributed by atoms with Crippen molar-refractivity contribution in [2.75, 3.05) is 12.0 Å². The van der Waals surface area contributed by atoms with Gasteiger partial charge in [0.2, 0.25) is 10.0 Å². The number of carbonyl (C=O) groups excluding carboxylic acids is 2. The normalized spacial score (nSPS) is 12.4. The molecule has 0 saturated heterocycles. The molecule has 0 saturated carbocycles. The van der Waals surface area contributed by atoms with Gasteiger partial charge in [-0.25, -0.2) is 13.1 Å². The first-order chi connectivity index (χ1) is 14.2. The van der Waals surface area contributed by atoms with Crippen LogP contribution in [-0.4, -0.2) is 43.3 Å². The van der Waals surface area contributed by atoms with Gasteiger partial charge in [-0.15, -0.1) is 0 Å². The maximum atomic E-state index is 12.4. The summed E-state index contributed by atoms with van der Waals surface area (Å²) in [6, 6.07) is 10.0. The fourth-order valence-electron chi connectivity index (χ4n) is 2.73. The van der Waals surface area contributed by atoms with Crippen LogP contribution in [-0.2, 0) is 21.4 Å². The highest BCUT2D eigenvalue weighted by atomic mass is 32.2. The van der Waals surface area contributed by atoms with E-state index >= 15 is 0 Å². The molecule has 0 aromatic heterocycles. The number of thioether (sulfide) groups is 1. The summed E-state index contributed by atoms with van der Waals surface area (Å²) in [6.07, 6.45) is 2.35. The summed E-state index contributed by atoms with van der Waals surface area (Å²) in [4.78, 5) is 24.5. The van der Waals surface area contributed by atoms with Crippen LogP contribution >= 0.6 is 11.8 Å². The average Bonchev–Trinajstić information content (AvgIpc) is 2.72. The molecule has 162 valence electrons. The summed E-state index contributed by atoms with van der Waals surface area (Å²) in [5, 5.41) is 12.3. The third kappa shape index (κ3) is 6.32. The molecule has 3 N–H and O–H groups in total. The Kier molecular flexibility index (Phi) is 8.45. The van der Waals surface area contributed by atoms with Crippen LogP contribution in [0.3, 0.4) is 0 Å². The lowest BCUT2D eigenvalue weighted by molar-refractivity contribution is -0.118. The molecule has 9 heteroatoms. The van der Waals surface area contributed by atoms with Crippen molar-refractivity contribution in [3.05, 3.63) is 59.2 Å². The number of rotatable bonds is 10. The maximum absolute atomic E-state index is 12.4. The van der Waals surface area contributed by atoms with E-state index in [1.165, 1.54) is 30.0 Å². The van der Waals surface area contributed by atoms with Crippen molar-refractivity contribution in [3.63, 3.8) is 0 Å². The van der Waals surface area contributed by atoms with E-state index in [9.17, 15) is 23.1 Å². The number of carbonyl (C=O) groups is 2. The van der Waals surface area contributed by atoms with Crippen LogP contribution < -0.4 is 10.0 Å². The molecule has 1 atom stereocenters. The molecular weight excluding hydrogens is 424 g/mol. The van der Waals surface area contributed by atoms with Crippen molar-refractivity contribution in [2.45, 2.75) is 37.8 Å². The predicted octanol–water partition coefficient (Wildman–Crippen LogP) is 2.62. The molecule has 0 aliphatic rings. The summed E-state index contributed by atoms with van der Waals surface area (Å²) in [5.74, 6) is 0.0124. The first-order valence-corrected chi connectivity index (χ1v) is 12.3. The Bertz CT molecular complexity index is 1000. The van der Waals surface area contributed by atoms with Crippen molar-refractivity contribution in [2.24, 2.45) is 0 Å². The largest absolute Gasteiger partial charge is 0.508 e. The molecule has 0 bridgehead atoms. The summed E-state index contributed by atoms with van der Waals surface area (Å²) >= 11 is 1.42. The number of hydrogen-bond donors (Lipinski definition) is 3. The van der Waals surface area contributed by atoms with E-state index in [-0.39, 0.29) is 28.9 Å². The lowest BCUT2D eigenvalue weighted by Gasteiger charge is -2.15. The van der Waals surface area contributed by atoms with E-state index in [4.69, 9.17) is 0 Å². The Morgan fingerprint density at radius 1 is 1.13 bits per heavy atom. The molecule has 30 heavy (non-hydrogen) atoms. The smallest absolute Gasteiger partial charge is 0.251 e. The quantitative estimate of drug-likeness (QED) is 0.513. The molecule has 0 unspecified atom stereocenters. The number of aryl methyl sites for hydroxylation is 1. The van der Waals surface area contributed by atoms with E-state index in [0.717, 1.165) is 0 Å². The van der Waals surface area contributed by atoms with Gasteiger partial charge in [-0.1, -0.05) is 19.1 Å². The number of benzene rings is 2. The fourth-order valence-corrected chi connectivity index (χ4v) is 4.31. The predicted molar refractivity (Wildman–Crippen MR) is 118 cm³/mol. The second-order valence-corrected chi connectivity index (χ2v) is 9.44. The minimum Gasteiger partial charge on any atom is -0.508 e. The van der Waals surface area contributed by atoms with Gasteiger partial charge in [0.25, 0.3) is 5.91 Å². The van der Waals surface area contributed by atoms with Crippen LogP contribution in [0.5, 0.6) is 5.75 Å². The highest BCUT2D eigenvalue weighted by Gasteiger charge is 2.19. The fraction of sp³-hybridized carbons (Fsp3) is 0.333. The zero-order valence-corrected chi connectivity index (χ0v) is 18.8. The van der Waals surface area contributed by atoms with E-state index in [1.807, 2.05) is 13.2 Å². The van der Waals surface area contributed by atoms with Gasteiger partial charge < -0.3 is 10.4 Å². The molecule has 0 fully saturated rings. The highest BCUT2D eigenvalue weighted by Crippen LogP contribution is 2.20. The molecule has 1 amide bonds. The first-order valence-electron chi connectivity index (χ1n) is 9.38. The first kappa shape index (κ1) is 23.9. The molecule has 0 radical (unpaired) electrons. The number of hydrogen-bond acceptors (Lipinski definition) is 6. The monoisotopic (exact) mass is 450 g/mol. The number of aromatic hydroxyl groups is 1. The molecule has 0 aliphatic heterocycles. The van der Waals surface area contributed by atoms with Crippen molar-refractivity contribution in [3.8, 4) is 5.75 Å². The third-order valence-electron chi connectivity index (χ3n) is 4.55. The number of Topliss-reactive ketones (excluding diaryl/α,β-unsaturated/α-hetero) is 1. The summed E-state index contributed by atoms with van der Waals surface area (Å²) in [7, 11) is -3.74. The zero-order chi connectivity index (χ0) is 22.3. The molecule has 2 aromatic rings. The Morgan fingerprint density at radius 2 is 1.80 bits per heavy atom. The van der Waals surface area contributed by atoms with Gasteiger partial charge in [0.1, 0.15) is 5.75 Å². The van der Waals surface area contributed by atoms with Crippen molar-refractivity contribution < 1.29 is 23.1 Å². The average molecular weight is 451 g/mol. The Labute approximate surface area is 181 Å². The highest BCUT2D eigenvalue weighted by molar-refractivity contribution is 7.99. The summed E-state index contributed by atoms with van der Waals surface area (Å²) < 4.78 is 27.4. The van der Waals surface area contributed by atoms with Gasteiger partial charge in [0.15, 0.2) is 5.78 Å². The SMILES string of the molecule is CC[C@H](NC(=O)c1ccc(CNS(=O)(=O)c2ccc(O)c(C)c2)cc1)C(=O)CSC. The van der Waals surface area contributed by atoms with Gasteiger partial charge in [-0.3, -0.25) is 9.59 Å². The van der Waals surface area contributed by atoms with E-state index in [0.29, 0.717) is 28.9 Å². The van der Waals surface area contributed by atoms with Crippen molar-refractivity contribution in [1.29, 1.82) is 0 Å². The number of amides is 1. The van der Waals surface area contributed by atoms with Crippen LogP contribution in [0.2, 0.25) is 0 Å². The molecule has 0 heterocycles. The summed E-state index contributed by atoms with van der Waals surface area (Å²) in [5.41, 5.74) is 1.54. The number of nitrogens with one attached hydrogen (secondary N) is 2. The van der Waals surface area contributed by atoms with Crippen LogP contribution in [0, 0.1) is 6.92 Å². The lowest BCUT2D eigenvalue weighted by atomic mass is 10.1. The van der Waals surface area contributed by atoms with Gasteiger partial charge in [-0.05, 0) is 61.1 Å². The molecule has 7 nitrogen and oxygen atoms in total. The van der Waals surface area contributed by atoms with Gasteiger partial charge in [-0.2, -0.15) is 11.8 Å². The van der Waals surface area contributed by atoms with Crippen molar-refractivity contribution in [1.82, 2.24) is 10.0 Å². The number of phenols is 1. The lowest BCUT2D eigenvalue weighted by Crippen LogP contribution is -2.41. The topological polar surface area (TPSA) is 113 Å². The Balaban J connectivity index is 2.00. The zero-order valence-electron chi connectivity index (χ0n) is 17.1. The number of phenolic OH excluding ortho intramolecular Hbond substituents is 1. The third-order valence-corrected chi connectivity index (χ3v) is 6.52. The van der Waals surface area contributed by atoms with Crippen LogP contribution in [0.1, 0.15) is 34.8 Å². The van der Waals surface area contributed by atoms with E-state index in [2.05, 4.69) is 10.0 Å². The van der Waals surface area contributed by atoms with Crippen LogP contribution in [0.4, 0.5) is 0 Å². The molecule has 2 aromatic carbocycles. The minimum absolute atomic E-state index is 0.0196. The second kappa shape index (κ2) is 10.6. The Morgan fingerprint density at radius 3 is 2.37 bits per heavy atom. The number of ketones is 1. The molecule has 0 aliphatic carbocycles. The van der Waals surface area contributed by atoms with Gasteiger partial charge >= 0.3 is 0 Å². The minimum atomic E-state index is -3.74. The summed E-state index contributed by atoms with van der Waals surface area (Å²) in [6.45, 7) is 3.51. The van der Waals surface area contributed by atoms with E-state index in [1.54, 1.807) is 31.2 Å². The molecule has 2 rings (SSSR count). The van der Waals surface area contributed by atoms with Crippen molar-refractivity contribution >= 4 is 33.5 Å². The van der Waals surface area contributed by atoms with Crippen LogP contribution in [0.15, 0.2) is 47.4 Å². The second-order valence-electron chi connectivity index (χ2n) is 6.80.